The van der Waals surface area contributed by atoms with Crippen molar-refractivity contribution < 1.29 is 0 Å². The van der Waals surface area contributed by atoms with E-state index in [-0.39, 0.29) is 0 Å². The minimum absolute atomic E-state index is 0.657. The number of hydrogen-bond donors (Lipinski definition) is 1. The normalized spacial score (nSPS) is 23.8. The molecule has 112 valence electrons. The van der Waals surface area contributed by atoms with Crippen LogP contribution in [0.2, 0.25) is 0 Å². The van der Waals surface area contributed by atoms with E-state index in [4.69, 9.17) is 0 Å². The zero-order valence-corrected chi connectivity index (χ0v) is 13.0. The van der Waals surface area contributed by atoms with Crippen molar-refractivity contribution in [1.29, 1.82) is 0 Å². The van der Waals surface area contributed by atoms with Crippen LogP contribution in [0.15, 0.2) is 24.5 Å². The number of hydrogen-bond acceptors (Lipinski definition) is 3. The van der Waals surface area contributed by atoms with Crippen LogP contribution in [0.1, 0.15) is 51.5 Å². The Morgan fingerprint density at radius 2 is 1.90 bits per heavy atom. The topological polar surface area (TPSA) is 28.2 Å². The molecule has 0 saturated heterocycles. The Balaban J connectivity index is 2.06. The molecule has 1 N–H and O–H groups in total. The van der Waals surface area contributed by atoms with E-state index in [1.165, 1.54) is 37.7 Å². The molecule has 0 spiro atoms. The molecular weight excluding hydrogens is 246 g/mol. The van der Waals surface area contributed by atoms with Gasteiger partial charge in [-0.25, -0.2) is 0 Å². The van der Waals surface area contributed by atoms with Gasteiger partial charge in [0.1, 0.15) is 0 Å². The third-order valence-corrected chi connectivity index (χ3v) is 4.46. The van der Waals surface area contributed by atoms with E-state index in [0.717, 1.165) is 19.6 Å². The number of pyridine rings is 1. The zero-order chi connectivity index (χ0) is 14.2. The molecule has 0 aromatic carbocycles. The summed E-state index contributed by atoms with van der Waals surface area (Å²) in [5.74, 6) is 0. The van der Waals surface area contributed by atoms with Crippen LogP contribution in [0.3, 0.4) is 0 Å². The smallest absolute Gasteiger partial charge is 0.0271 e. The van der Waals surface area contributed by atoms with Crippen molar-refractivity contribution in [3.63, 3.8) is 0 Å². The van der Waals surface area contributed by atoms with Gasteiger partial charge in [-0.3, -0.25) is 9.88 Å². The maximum absolute atomic E-state index is 4.12. The van der Waals surface area contributed by atoms with Gasteiger partial charge in [0.15, 0.2) is 0 Å². The van der Waals surface area contributed by atoms with Crippen molar-refractivity contribution in [2.24, 2.45) is 0 Å². The largest absolute Gasteiger partial charge is 0.313 e. The number of aromatic nitrogens is 1. The Hall–Kier alpha value is -0.930. The van der Waals surface area contributed by atoms with E-state index in [1.807, 2.05) is 12.4 Å². The fourth-order valence-electron chi connectivity index (χ4n) is 3.41. The molecule has 3 nitrogen and oxygen atoms in total. The summed E-state index contributed by atoms with van der Waals surface area (Å²) in [5, 5.41) is 3.72. The predicted octanol–water partition coefficient (Wildman–Crippen LogP) is 3.21. The molecule has 0 amide bonds. The Bertz CT molecular complexity index is 366. The number of likely N-dealkylation sites (N-methyl/N-ethyl adjacent to an activating group) is 2. The summed E-state index contributed by atoms with van der Waals surface area (Å²) in [5.41, 5.74) is 1.38. The summed E-state index contributed by atoms with van der Waals surface area (Å²) in [7, 11) is 0. The number of nitrogens with zero attached hydrogens (tertiary/aromatic N) is 2. The Labute approximate surface area is 123 Å². The molecule has 2 unspecified atom stereocenters. The highest BCUT2D eigenvalue weighted by atomic mass is 15.2. The predicted molar refractivity (Wildman–Crippen MR) is 84.7 cm³/mol. The van der Waals surface area contributed by atoms with Gasteiger partial charge in [0.05, 0.1) is 0 Å². The molecule has 0 radical (unpaired) electrons. The van der Waals surface area contributed by atoms with Crippen LogP contribution in [0.4, 0.5) is 0 Å². The molecule has 1 fully saturated rings. The lowest BCUT2D eigenvalue weighted by atomic mass is 10.0. The first kappa shape index (κ1) is 15.5. The minimum Gasteiger partial charge on any atom is -0.313 e. The lowest BCUT2D eigenvalue weighted by Gasteiger charge is -2.36. The van der Waals surface area contributed by atoms with Crippen LogP contribution in [-0.2, 0) is 6.54 Å². The Morgan fingerprint density at radius 1 is 1.15 bits per heavy atom. The van der Waals surface area contributed by atoms with Crippen LogP contribution < -0.4 is 5.32 Å². The monoisotopic (exact) mass is 275 g/mol. The highest BCUT2D eigenvalue weighted by Crippen LogP contribution is 2.24. The second-order valence-corrected chi connectivity index (χ2v) is 5.79. The van der Waals surface area contributed by atoms with Crippen molar-refractivity contribution >= 4 is 0 Å². The lowest BCUT2D eigenvalue weighted by Crippen LogP contribution is -2.49. The lowest BCUT2D eigenvalue weighted by molar-refractivity contribution is 0.148. The molecule has 1 aliphatic carbocycles. The maximum atomic E-state index is 4.12. The fraction of sp³-hybridized carbons (Fsp3) is 0.706. The standard InChI is InChI=1S/C17H29N3/c1-3-19-16-8-6-5-7-9-17(16)20(4-2)14-15-10-12-18-13-11-15/h10-13,16-17,19H,3-9,14H2,1-2H3. The summed E-state index contributed by atoms with van der Waals surface area (Å²) in [6, 6.07) is 5.61. The van der Waals surface area contributed by atoms with Gasteiger partial charge < -0.3 is 5.32 Å². The third-order valence-electron chi connectivity index (χ3n) is 4.46. The van der Waals surface area contributed by atoms with Crippen molar-refractivity contribution in [3.05, 3.63) is 30.1 Å². The van der Waals surface area contributed by atoms with Crippen LogP contribution in [0.5, 0.6) is 0 Å². The first-order valence-electron chi connectivity index (χ1n) is 8.21. The third kappa shape index (κ3) is 4.29. The SMILES string of the molecule is CCNC1CCCCCC1N(CC)Cc1ccncc1. The summed E-state index contributed by atoms with van der Waals surface area (Å²) >= 11 is 0. The van der Waals surface area contributed by atoms with Crippen LogP contribution in [0, 0.1) is 0 Å². The van der Waals surface area contributed by atoms with Crippen LogP contribution >= 0.6 is 0 Å². The molecule has 1 aromatic rings. The molecule has 2 atom stereocenters. The van der Waals surface area contributed by atoms with E-state index in [9.17, 15) is 0 Å². The fourth-order valence-corrected chi connectivity index (χ4v) is 3.41. The van der Waals surface area contributed by atoms with E-state index in [2.05, 4.69) is 41.2 Å². The van der Waals surface area contributed by atoms with Crippen molar-refractivity contribution in [2.45, 2.75) is 64.6 Å². The zero-order valence-electron chi connectivity index (χ0n) is 13.0. The number of nitrogens with one attached hydrogen (secondary N) is 1. The second kappa shape index (κ2) is 8.38. The van der Waals surface area contributed by atoms with Gasteiger partial charge in [-0.2, -0.15) is 0 Å². The molecule has 1 aromatic heterocycles. The molecular formula is C17H29N3. The van der Waals surface area contributed by atoms with Gasteiger partial charge in [0, 0.05) is 31.0 Å². The van der Waals surface area contributed by atoms with Gasteiger partial charge in [-0.15, -0.1) is 0 Å². The minimum atomic E-state index is 0.657. The quantitative estimate of drug-likeness (QED) is 0.808. The summed E-state index contributed by atoms with van der Waals surface area (Å²) < 4.78 is 0. The van der Waals surface area contributed by atoms with Crippen molar-refractivity contribution in [1.82, 2.24) is 15.2 Å². The number of rotatable bonds is 6. The molecule has 2 rings (SSSR count). The average molecular weight is 275 g/mol. The molecule has 1 heterocycles. The van der Waals surface area contributed by atoms with Crippen LogP contribution in [0.25, 0.3) is 0 Å². The van der Waals surface area contributed by atoms with Gasteiger partial charge in [0.2, 0.25) is 0 Å². The average Bonchev–Trinajstić information content (AvgIpc) is 2.72. The van der Waals surface area contributed by atoms with Crippen LogP contribution in [-0.4, -0.2) is 35.1 Å². The molecule has 0 bridgehead atoms. The van der Waals surface area contributed by atoms with E-state index in [0.29, 0.717) is 12.1 Å². The highest BCUT2D eigenvalue weighted by Gasteiger charge is 2.27. The van der Waals surface area contributed by atoms with Gasteiger partial charge in [-0.05, 0) is 43.6 Å². The first-order valence-corrected chi connectivity index (χ1v) is 8.21. The van der Waals surface area contributed by atoms with E-state index < -0.39 is 0 Å². The summed E-state index contributed by atoms with van der Waals surface area (Å²) in [6.07, 6.45) is 10.6. The van der Waals surface area contributed by atoms with E-state index in [1.54, 1.807) is 0 Å². The summed E-state index contributed by atoms with van der Waals surface area (Å²) in [4.78, 5) is 6.77. The molecule has 0 aliphatic heterocycles. The maximum Gasteiger partial charge on any atom is 0.0271 e. The Kier molecular flexibility index (Phi) is 6.48. The molecule has 3 heteroatoms. The molecule has 20 heavy (non-hydrogen) atoms. The van der Waals surface area contributed by atoms with Crippen molar-refractivity contribution in [2.75, 3.05) is 13.1 Å². The van der Waals surface area contributed by atoms with E-state index >= 15 is 0 Å². The molecule has 1 aliphatic rings. The molecule has 1 saturated carbocycles. The summed E-state index contributed by atoms with van der Waals surface area (Å²) in [6.45, 7) is 7.75. The van der Waals surface area contributed by atoms with Crippen molar-refractivity contribution in [3.8, 4) is 0 Å². The van der Waals surface area contributed by atoms with Gasteiger partial charge in [0.25, 0.3) is 0 Å². The van der Waals surface area contributed by atoms with Gasteiger partial charge >= 0.3 is 0 Å². The highest BCUT2D eigenvalue weighted by molar-refractivity contribution is 5.10. The first-order chi connectivity index (χ1) is 9.85. The van der Waals surface area contributed by atoms with Gasteiger partial charge in [-0.1, -0.05) is 33.1 Å². The second-order valence-electron chi connectivity index (χ2n) is 5.79. The Morgan fingerprint density at radius 3 is 2.60 bits per heavy atom.